The molecule has 1 heterocycles. The van der Waals surface area contributed by atoms with Crippen molar-refractivity contribution in [2.24, 2.45) is 5.73 Å². The Labute approximate surface area is 89.6 Å². The van der Waals surface area contributed by atoms with Crippen molar-refractivity contribution in [2.45, 2.75) is 24.8 Å². The number of halogens is 1. The van der Waals surface area contributed by atoms with E-state index in [0.717, 1.165) is 23.0 Å². The number of nitrogens with one attached hydrogen (secondary N) is 1. The molecule has 4 nitrogen and oxygen atoms in total. The minimum atomic E-state index is -1.21. The highest BCUT2D eigenvalue weighted by Gasteiger charge is 2.41. The predicted octanol–water partition coefficient (Wildman–Crippen LogP) is 1.35. The molecular weight excluding hydrogens is 248 g/mol. The summed E-state index contributed by atoms with van der Waals surface area (Å²) in [5.74, 6) is -0.954. The number of aromatic nitrogens is 1. The van der Waals surface area contributed by atoms with Gasteiger partial charge in [-0.1, -0.05) is 0 Å². The quantitative estimate of drug-likeness (QED) is 0.712. The standard InChI is InChI=1S/C9H11BrN2O2/c10-7-5-2-1-3-9(11,8(13)14)6(5)4-12-7/h4,12H,1-3,11H2,(H,13,14). The predicted molar refractivity (Wildman–Crippen MR) is 54.9 cm³/mol. The third-order valence-electron chi connectivity index (χ3n) is 2.79. The molecule has 0 aliphatic heterocycles. The van der Waals surface area contributed by atoms with E-state index in [9.17, 15) is 4.79 Å². The van der Waals surface area contributed by atoms with Crippen LogP contribution in [0.15, 0.2) is 10.8 Å². The first-order valence-corrected chi connectivity index (χ1v) is 5.23. The number of aromatic amines is 1. The Morgan fingerprint density at radius 3 is 3.07 bits per heavy atom. The van der Waals surface area contributed by atoms with Crippen LogP contribution in [0, 0.1) is 0 Å². The SMILES string of the molecule is NC1(C(=O)O)CCCc2c1c[nH]c2Br. The molecule has 14 heavy (non-hydrogen) atoms. The summed E-state index contributed by atoms with van der Waals surface area (Å²) in [6.07, 6.45) is 3.88. The van der Waals surface area contributed by atoms with Gasteiger partial charge in [-0.25, -0.2) is 4.79 Å². The van der Waals surface area contributed by atoms with Crippen molar-refractivity contribution >= 4 is 21.9 Å². The largest absolute Gasteiger partial charge is 0.480 e. The average molecular weight is 259 g/mol. The van der Waals surface area contributed by atoms with Crippen LogP contribution >= 0.6 is 15.9 Å². The lowest BCUT2D eigenvalue weighted by Crippen LogP contribution is -2.46. The summed E-state index contributed by atoms with van der Waals surface area (Å²) in [6.45, 7) is 0. The smallest absolute Gasteiger partial charge is 0.328 e. The molecule has 0 bridgehead atoms. The minimum absolute atomic E-state index is 0.500. The zero-order valence-corrected chi connectivity index (χ0v) is 9.10. The molecule has 0 saturated heterocycles. The van der Waals surface area contributed by atoms with E-state index in [1.807, 2.05) is 0 Å². The Morgan fingerprint density at radius 1 is 1.71 bits per heavy atom. The molecule has 0 radical (unpaired) electrons. The van der Waals surface area contributed by atoms with Gasteiger partial charge in [-0.2, -0.15) is 0 Å². The van der Waals surface area contributed by atoms with Crippen LogP contribution in [0.5, 0.6) is 0 Å². The molecule has 0 amide bonds. The first kappa shape index (κ1) is 9.73. The van der Waals surface area contributed by atoms with Crippen molar-refractivity contribution in [3.05, 3.63) is 21.9 Å². The van der Waals surface area contributed by atoms with Crippen LogP contribution in [-0.4, -0.2) is 16.1 Å². The zero-order chi connectivity index (χ0) is 10.3. The Morgan fingerprint density at radius 2 is 2.43 bits per heavy atom. The second-order valence-corrected chi connectivity index (χ2v) is 4.42. The zero-order valence-electron chi connectivity index (χ0n) is 7.51. The van der Waals surface area contributed by atoms with E-state index in [-0.39, 0.29) is 0 Å². The maximum Gasteiger partial charge on any atom is 0.328 e. The molecule has 2 rings (SSSR count). The highest BCUT2D eigenvalue weighted by molar-refractivity contribution is 9.10. The van der Waals surface area contributed by atoms with Gasteiger partial charge in [-0.3, -0.25) is 0 Å². The Balaban J connectivity index is 2.56. The number of hydrogen-bond donors (Lipinski definition) is 3. The molecule has 5 heteroatoms. The molecule has 1 aromatic rings. The number of rotatable bonds is 1. The maximum atomic E-state index is 11.1. The molecule has 1 aliphatic carbocycles. The first-order valence-electron chi connectivity index (χ1n) is 4.44. The van der Waals surface area contributed by atoms with Gasteiger partial charge in [0.15, 0.2) is 0 Å². The molecule has 4 N–H and O–H groups in total. The van der Waals surface area contributed by atoms with E-state index in [4.69, 9.17) is 10.8 Å². The molecule has 1 unspecified atom stereocenters. The molecule has 0 aromatic carbocycles. The molecule has 76 valence electrons. The molecule has 1 aromatic heterocycles. The lowest BCUT2D eigenvalue weighted by Gasteiger charge is -2.29. The van der Waals surface area contributed by atoms with Crippen molar-refractivity contribution in [1.82, 2.24) is 4.98 Å². The molecule has 1 aliphatic rings. The van der Waals surface area contributed by atoms with Crippen molar-refractivity contribution in [1.29, 1.82) is 0 Å². The lowest BCUT2D eigenvalue weighted by atomic mass is 9.79. The van der Waals surface area contributed by atoms with E-state index < -0.39 is 11.5 Å². The van der Waals surface area contributed by atoms with Crippen LogP contribution in [-0.2, 0) is 16.8 Å². The highest BCUT2D eigenvalue weighted by Crippen LogP contribution is 2.36. The summed E-state index contributed by atoms with van der Waals surface area (Å²) in [4.78, 5) is 14.1. The second kappa shape index (κ2) is 3.10. The van der Waals surface area contributed by atoms with Crippen molar-refractivity contribution in [3.63, 3.8) is 0 Å². The Kier molecular flexibility index (Phi) is 2.16. The minimum Gasteiger partial charge on any atom is -0.480 e. The number of aliphatic carboxylic acids is 1. The summed E-state index contributed by atoms with van der Waals surface area (Å²) in [7, 11) is 0. The van der Waals surface area contributed by atoms with E-state index in [2.05, 4.69) is 20.9 Å². The summed E-state index contributed by atoms with van der Waals surface area (Å²) in [6, 6.07) is 0. The number of fused-ring (bicyclic) bond motifs is 1. The maximum absolute atomic E-state index is 11.1. The fourth-order valence-corrected chi connectivity index (χ4v) is 2.50. The average Bonchev–Trinajstić information content (AvgIpc) is 2.50. The second-order valence-electron chi connectivity index (χ2n) is 3.62. The Hall–Kier alpha value is -0.810. The van der Waals surface area contributed by atoms with Gasteiger partial charge in [0.1, 0.15) is 5.54 Å². The van der Waals surface area contributed by atoms with Crippen LogP contribution in [0.1, 0.15) is 24.0 Å². The lowest BCUT2D eigenvalue weighted by molar-refractivity contribution is -0.144. The Bertz CT molecular complexity index is 388. The van der Waals surface area contributed by atoms with Gasteiger partial charge < -0.3 is 15.8 Å². The van der Waals surface area contributed by atoms with Crippen LogP contribution in [0.4, 0.5) is 0 Å². The van der Waals surface area contributed by atoms with Gasteiger partial charge in [-0.15, -0.1) is 0 Å². The number of H-pyrrole nitrogens is 1. The first-order chi connectivity index (χ1) is 6.55. The fraction of sp³-hybridized carbons (Fsp3) is 0.444. The van der Waals surface area contributed by atoms with E-state index >= 15 is 0 Å². The van der Waals surface area contributed by atoms with Crippen molar-refractivity contribution in [2.75, 3.05) is 0 Å². The van der Waals surface area contributed by atoms with Gasteiger partial charge in [0.05, 0.1) is 4.60 Å². The number of carbonyl (C=O) groups is 1. The molecule has 0 saturated carbocycles. The fourth-order valence-electron chi connectivity index (χ4n) is 1.97. The number of nitrogens with two attached hydrogens (primary N) is 1. The summed E-state index contributed by atoms with van der Waals surface area (Å²) < 4.78 is 0.850. The van der Waals surface area contributed by atoms with Crippen LogP contribution in [0.25, 0.3) is 0 Å². The van der Waals surface area contributed by atoms with Crippen molar-refractivity contribution in [3.8, 4) is 0 Å². The molecule has 0 fully saturated rings. The third-order valence-corrected chi connectivity index (χ3v) is 3.50. The molecular formula is C9H11BrN2O2. The summed E-state index contributed by atoms with van der Waals surface area (Å²) >= 11 is 3.35. The normalized spacial score (nSPS) is 25.9. The monoisotopic (exact) mass is 258 g/mol. The van der Waals surface area contributed by atoms with Crippen LogP contribution in [0.2, 0.25) is 0 Å². The highest BCUT2D eigenvalue weighted by atomic mass is 79.9. The van der Waals surface area contributed by atoms with Gasteiger partial charge in [0, 0.05) is 11.8 Å². The van der Waals surface area contributed by atoms with Crippen LogP contribution in [0.3, 0.4) is 0 Å². The van der Waals surface area contributed by atoms with Crippen LogP contribution < -0.4 is 5.73 Å². The van der Waals surface area contributed by atoms with E-state index in [1.54, 1.807) is 6.20 Å². The van der Waals surface area contributed by atoms with Gasteiger partial charge >= 0.3 is 5.97 Å². The summed E-state index contributed by atoms with van der Waals surface area (Å²) in [5, 5.41) is 9.10. The number of carboxylic acid groups (broad SMARTS) is 1. The van der Waals surface area contributed by atoms with Gasteiger partial charge in [0.2, 0.25) is 0 Å². The summed E-state index contributed by atoms with van der Waals surface area (Å²) in [5.41, 5.74) is 6.39. The van der Waals surface area contributed by atoms with Gasteiger partial charge in [-0.05, 0) is 40.8 Å². The molecule has 0 spiro atoms. The topological polar surface area (TPSA) is 79.1 Å². The molecule has 1 atom stereocenters. The van der Waals surface area contributed by atoms with E-state index in [0.29, 0.717) is 12.0 Å². The van der Waals surface area contributed by atoms with Gasteiger partial charge in [0.25, 0.3) is 0 Å². The number of carboxylic acids is 1. The third kappa shape index (κ3) is 1.19. The number of hydrogen-bond acceptors (Lipinski definition) is 2. The van der Waals surface area contributed by atoms with Crippen molar-refractivity contribution < 1.29 is 9.90 Å². The van der Waals surface area contributed by atoms with E-state index in [1.165, 1.54) is 0 Å².